The first-order valence-corrected chi connectivity index (χ1v) is 8.71. The van der Waals surface area contributed by atoms with E-state index in [1.165, 1.54) is 24.4 Å². The number of halogens is 3. The number of nitrogens with one attached hydrogen (secondary N) is 1. The van der Waals surface area contributed by atoms with Crippen molar-refractivity contribution in [1.82, 2.24) is 4.98 Å². The van der Waals surface area contributed by atoms with E-state index in [2.05, 4.69) is 15.0 Å². The number of carboxylic acid groups (broad SMARTS) is 1. The lowest BCUT2D eigenvalue weighted by Crippen LogP contribution is -2.26. The predicted molar refractivity (Wildman–Crippen MR) is 91.6 cm³/mol. The summed E-state index contributed by atoms with van der Waals surface area (Å²) in [5.41, 5.74) is 2.33. The number of pyridine rings is 1. The molecule has 0 radical (unpaired) electrons. The van der Waals surface area contributed by atoms with Crippen molar-refractivity contribution in [1.29, 1.82) is 0 Å². The summed E-state index contributed by atoms with van der Waals surface area (Å²) in [5, 5.41) is 12.6. The van der Waals surface area contributed by atoms with Gasteiger partial charge in [0.25, 0.3) is 0 Å². The molecule has 1 saturated carbocycles. The van der Waals surface area contributed by atoms with Crippen molar-refractivity contribution in [2.75, 3.05) is 5.32 Å². The molecule has 0 unspecified atom stereocenters. The Morgan fingerprint density at radius 2 is 1.81 bits per heavy atom. The van der Waals surface area contributed by atoms with Crippen LogP contribution in [0.25, 0.3) is 0 Å². The van der Waals surface area contributed by atoms with Crippen LogP contribution in [0.15, 0.2) is 30.5 Å². The number of fused-ring (bicyclic) bond motifs is 2. The summed E-state index contributed by atoms with van der Waals surface area (Å²) >= 11 is 0. The Labute approximate surface area is 153 Å². The lowest BCUT2D eigenvalue weighted by molar-refractivity contribution is -0.274. The number of ether oxygens (including phenoxy) is 1. The van der Waals surface area contributed by atoms with Gasteiger partial charge in [-0.3, -0.25) is 0 Å². The van der Waals surface area contributed by atoms with Crippen molar-refractivity contribution < 1.29 is 27.8 Å². The van der Waals surface area contributed by atoms with E-state index in [-0.39, 0.29) is 23.1 Å². The maximum Gasteiger partial charge on any atom is 0.573 e. The second-order valence-electron chi connectivity index (χ2n) is 6.90. The third kappa shape index (κ3) is 3.43. The average molecular weight is 378 g/mol. The molecule has 2 aromatic rings. The number of rotatable bonds is 4. The molecule has 1 aromatic heterocycles. The molecule has 0 saturated heterocycles. The SMILES string of the molecule is O=C(O)c1cnc(Nc2cccc(OC(F)(F)F)c2)c2c1C1CCC2CC1. The highest BCUT2D eigenvalue weighted by atomic mass is 19.4. The van der Waals surface area contributed by atoms with Gasteiger partial charge in [-0.2, -0.15) is 0 Å². The second kappa shape index (κ2) is 6.44. The fourth-order valence-corrected chi connectivity index (χ4v) is 4.24. The molecular weight excluding hydrogens is 361 g/mol. The van der Waals surface area contributed by atoms with Gasteiger partial charge in [0.1, 0.15) is 11.6 Å². The van der Waals surface area contributed by atoms with Gasteiger partial charge >= 0.3 is 12.3 Å². The Balaban J connectivity index is 1.71. The molecule has 2 N–H and O–H groups in total. The number of anilines is 2. The zero-order chi connectivity index (χ0) is 19.2. The van der Waals surface area contributed by atoms with Gasteiger partial charge in [-0.25, -0.2) is 9.78 Å². The quantitative estimate of drug-likeness (QED) is 0.767. The van der Waals surface area contributed by atoms with E-state index in [1.54, 1.807) is 6.07 Å². The third-order valence-electron chi connectivity index (χ3n) is 5.26. The molecular formula is C19H17F3N2O3. The number of nitrogens with zero attached hydrogens (tertiary/aromatic N) is 1. The molecule has 0 atom stereocenters. The molecule has 27 heavy (non-hydrogen) atoms. The number of aromatic nitrogens is 1. The van der Waals surface area contributed by atoms with Gasteiger partial charge in [-0.05, 0) is 55.2 Å². The second-order valence-corrected chi connectivity index (χ2v) is 6.90. The van der Waals surface area contributed by atoms with E-state index in [0.29, 0.717) is 11.5 Å². The lowest BCUT2D eigenvalue weighted by atomic mass is 9.66. The molecule has 5 rings (SSSR count). The minimum atomic E-state index is -4.77. The van der Waals surface area contributed by atoms with Crippen LogP contribution in [0.3, 0.4) is 0 Å². The van der Waals surface area contributed by atoms with Crippen LogP contribution in [0.2, 0.25) is 0 Å². The maximum absolute atomic E-state index is 12.4. The predicted octanol–water partition coefficient (Wildman–Crippen LogP) is 5.18. The summed E-state index contributed by atoms with van der Waals surface area (Å²) in [6, 6.07) is 5.53. The van der Waals surface area contributed by atoms with Gasteiger partial charge in [0.2, 0.25) is 0 Å². The minimum absolute atomic E-state index is 0.194. The molecule has 1 heterocycles. The average Bonchev–Trinajstić information content (AvgIpc) is 2.61. The van der Waals surface area contributed by atoms with Crippen LogP contribution in [-0.2, 0) is 0 Å². The van der Waals surface area contributed by atoms with Crippen LogP contribution in [-0.4, -0.2) is 22.4 Å². The number of benzene rings is 1. The fraction of sp³-hybridized carbons (Fsp3) is 0.368. The number of carboxylic acids is 1. The molecule has 3 aliphatic rings. The molecule has 3 aliphatic carbocycles. The van der Waals surface area contributed by atoms with Crippen molar-refractivity contribution in [3.63, 3.8) is 0 Å². The van der Waals surface area contributed by atoms with Crippen LogP contribution in [0.5, 0.6) is 5.75 Å². The van der Waals surface area contributed by atoms with E-state index < -0.39 is 12.3 Å². The van der Waals surface area contributed by atoms with Gasteiger partial charge in [0.15, 0.2) is 0 Å². The van der Waals surface area contributed by atoms with Gasteiger partial charge in [0, 0.05) is 23.5 Å². The molecule has 142 valence electrons. The first-order chi connectivity index (χ1) is 12.8. The first-order valence-electron chi connectivity index (χ1n) is 8.71. The monoisotopic (exact) mass is 378 g/mol. The molecule has 5 nitrogen and oxygen atoms in total. The van der Waals surface area contributed by atoms with Crippen molar-refractivity contribution in [3.8, 4) is 5.75 Å². The fourth-order valence-electron chi connectivity index (χ4n) is 4.24. The highest BCUT2D eigenvalue weighted by Crippen LogP contribution is 2.52. The van der Waals surface area contributed by atoms with Crippen molar-refractivity contribution in [2.24, 2.45) is 0 Å². The van der Waals surface area contributed by atoms with Gasteiger partial charge in [-0.15, -0.1) is 13.2 Å². The Morgan fingerprint density at radius 1 is 1.15 bits per heavy atom. The largest absolute Gasteiger partial charge is 0.573 e. The summed E-state index contributed by atoms with van der Waals surface area (Å²) in [4.78, 5) is 15.9. The molecule has 0 aliphatic heterocycles. The number of alkyl halides is 3. The smallest absolute Gasteiger partial charge is 0.478 e. The van der Waals surface area contributed by atoms with E-state index >= 15 is 0 Å². The van der Waals surface area contributed by atoms with Crippen molar-refractivity contribution >= 4 is 17.5 Å². The van der Waals surface area contributed by atoms with Crippen LogP contribution < -0.4 is 10.1 Å². The van der Waals surface area contributed by atoms with Gasteiger partial charge in [0.05, 0.1) is 5.56 Å². The summed E-state index contributed by atoms with van der Waals surface area (Å²) in [5.74, 6) is -0.412. The summed E-state index contributed by atoms with van der Waals surface area (Å²) in [6.07, 6.45) is 0.411. The Morgan fingerprint density at radius 3 is 2.44 bits per heavy atom. The summed E-state index contributed by atoms with van der Waals surface area (Å²) < 4.78 is 41.3. The van der Waals surface area contributed by atoms with E-state index in [9.17, 15) is 23.1 Å². The van der Waals surface area contributed by atoms with Gasteiger partial charge < -0.3 is 15.2 Å². The zero-order valence-corrected chi connectivity index (χ0v) is 14.2. The highest BCUT2D eigenvalue weighted by molar-refractivity contribution is 5.91. The van der Waals surface area contributed by atoms with Crippen LogP contribution in [0.4, 0.5) is 24.7 Å². The van der Waals surface area contributed by atoms with Crippen molar-refractivity contribution in [2.45, 2.75) is 43.9 Å². The Hall–Kier alpha value is -2.77. The van der Waals surface area contributed by atoms with Gasteiger partial charge in [-0.1, -0.05) is 6.07 Å². The molecule has 2 bridgehead atoms. The molecule has 0 amide bonds. The van der Waals surface area contributed by atoms with E-state index in [1.807, 2.05) is 0 Å². The Kier molecular flexibility index (Phi) is 4.20. The molecule has 1 fully saturated rings. The number of hydrogen-bond donors (Lipinski definition) is 2. The van der Waals surface area contributed by atoms with Crippen LogP contribution >= 0.6 is 0 Å². The Bertz CT molecular complexity index is 890. The third-order valence-corrected chi connectivity index (χ3v) is 5.26. The van der Waals surface area contributed by atoms with Crippen LogP contribution in [0, 0.1) is 0 Å². The topological polar surface area (TPSA) is 71.5 Å². The highest BCUT2D eigenvalue weighted by Gasteiger charge is 2.38. The normalized spacial score (nSPS) is 20.9. The summed E-state index contributed by atoms with van der Waals surface area (Å²) in [7, 11) is 0. The maximum atomic E-state index is 12.4. The van der Waals surface area contributed by atoms with E-state index in [4.69, 9.17) is 0 Å². The van der Waals surface area contributed by atoms with Crippen molar-refractivity contribution in [3.05, 3.63) is 47.2 Å². The minimum Gasteiger partial charge on any atom is -0.478 e. The molecule has 1 aromatic carbocycles. The standard InChI is InChI=1S/C19H17F3N2O3/c20-19(21,22)27-13-3-1-2-12(8-13)24-17-16-11-6-4-10(5-7-11)15(16)14(9-23-17)18(25)26/h1-3,8-11H,4-7H2,(H,23,24)(H,25,26). The first kappa shape index (κ1) is 17.6. The van der Waals surface area contributed by atoms with Crippen LogP contribution in [0.1, 0.15) is 59.0 Å². The number of carbonyl (C=O) groups is 1. The molecule has 8 heteroatoms. The van der Waals surface area contributed by atoms with E-state index in [0.717, 1.165) is 36.8 Å². The zero-order valence-electron chi connectivity index (χ0n) is 14.2. The molecule has 0 spiro atoms. The summed E-state index contributed by atoms with van der Waals surface area (Å²) in [6.45, 7) is 0. The number of aromatic carboxylic acids is 1. The number of hydrogen-bond acceptors (Lipinski definition) is 4. The lowest BCUT2D eigenvalue weighted by Gasteiger charge is -2.39.